The Bertz CT molecular complexity index is 881. The van der Waals surface area contributed by atoms with E-state index in [-0.39, 0.29) is 11.9 Å². The molecule has 1 unspecified atom stereocenters. The molecule has 1 atom stereocenters. The summed E-state index contributed by atoms with van der Waals surface area (Å²) in [7, 11) is 1.88. The zero-order valence-corrected chi connectivity index (χ0v) is 15.0. The summed E-state index contributed by atoms with van der Waals surface area (Å²) < 4.78 is 1.76. The second-order valence-electron chi connectivity index (χ2n) is 5.87. The van der Waals surface area contributed by atoms with Crippen molar-refractivity contribution in [2.45, 2.75) is 26.8 Å². The molecule has 0 saturated heterocycles. The van der Waals surface area contributed by atoms with Gasteiger partial charge >= 0.3 is 0 Å². The molecule has 0 aliphatic heterocycles. The minimum Gasteiger partial charge on any atom is -0.345 e. The van der Waals surface area contributed by atoms with Crippen LogP contribution in [-0.4, -0.2) is 20.7 Å². The Labute approximate surface area is 145 Å². The largest absolute Gasteiger partial charge is 0.345 e. The van der Waals surface area contributed by atoms with Crippen LogP contribution < -0.4 is 5.32 Å². The van der Waals surface area contributed by atoms with E-state index in [1.807, 2.05) is 63.7 Å². The molecule has 5 nitrogen and oxygen atoms in total. The summed E-state index contributed by atoms with van der Waals surface area (Å²) >= 11 is 1.60. The first-order chi connectivity index (χ1) is 11.4. The number of nitrogens with one attached hydrogen (secondary N) is 1. The van der Waals surface area contributed by atoms with Crippen molar-refractivity contribution in [2.75, 3.05) is 0 Å². The third-order valence-corrected chi connectivity index (χ3v) is 4.68. The van der Waals surface area contributed by atoms with Crippen LogP contribution in [0, 0.1) is 13.8 Å². The average molecular weight is 340 g/mol. The highest BCUT2D eigenvalue weighted by molar-refractivity contribution is 7.09. The Morgan fingerprint density at radius 3 is 2.75 bits per heavy atom. The maximum Gasteiger partial charge on any atom is 0.251 e. The van der Waals surface area contributed by atoms with E-state index in [1.54, 1.807) is 16.0 Å². The number of benzene rings is 1. The van der Waals surface area contributed by atoms with Crippen LogP contribution in [0.15, 0.2) is 35.8 Å². The summed E-state index contributed by atoms with van der Waals surface area (Å²) in [5, 5.41) is 10.4. The minimum absolute atomic E-state index is 0.0976. The van der Waals surface area contributed by atoms with Crippen LogP contribution in [0.3, 0.4) is 0 Å². The molecule has 3 aromatic rings. The lowest BCUT2D eigenvalue weighted by atomic mass is 10.1. The van der Waals surface area contributed by atoms with Crippen molar-refractivity contribution < 1.29 is 4.79 Å². The Balaban J connectivity index is 1.79. The van der Waals surface area contributed by atoms with E-state index < -0.39 is 0 Å². The molecule has 0 aliphatic rings. The quantitative estimate of drug-likeness (QED) is 0.788. The molecule has 0 bridgehead atoms. The van der Waals surface area contributed by atoms with Gasteiger partial charge in [-0.05, 0) is 32.9 Å². The van der Waals surface area contributed by atoms with Crippen LogP contribution in [-0.2, 0) is 7.05 Å². The van der Waals surface area contributed by atoms with Gasteiger partial charge in [-0.3, -0.25) is 9.48 Å². The normalized spacial score (nSPS) is 12.2. The van der Waals surface area contributed by atoms with Gasteiger partial charge in [0.1, 0.15) is 0 Å². The molecule has 1 amide bonds. The molecular formula is C18H20N4OS. The van der Waals surface area contributed by atoms with E-state index in [4.69, 9.17) is 0 Å². The lowest BCUT2D eigenvalue weighted by Gasteiger charge is -2.13. The number of hydrogen-bond acceptors (Lipinski definition) is 4. The number of nitrogens with zero attached hydrogens (tertiary/aromatic N) is 3. The van der Waals surface area contributed by atoms with Gasteiger partial charge in [0.2, 0.25) is 0 Å². The van der Waals surface area contributed by atoms with Crippen LogP contribution >= 0.6 is 11.3 Å². The molecular weight excluding hydrogens is 320 g/mol. The summed E-state index contributed by atoms with van der Waals surface area (Å²) in [5.41, 5.74) is 4.45. The van der Waals surface area contributed by atoms with Gasteiger partial charge in [0, 0.05) is 35.3 Å². The topological polar surface area (TPSA) is 59.8 Å². The monoisotopic (exact) mass is 340 g/mol. The van der Waals surface area contributed by atoms with Gasteiger partial charge in [0.25, 0.3) is 5.91 Å². The van der Waals surface area contributed by atoms with Crippen LogP contribution in [0.5, 0.6) is 0 Å². The number of amides is 1. The Hall–Kier alpha value is -2.47. The summed E-state index contributed by atoms with van der Waals surface area (Å²) in [6.45, 7) is 5.89. The molecule has 0 aliphatic carbocycles. The highest BCUT2D eigenvalue weighted by Gasteiger charge is 2.16. The lowest BCUT2D eigenvalue weighted by molar-refractivity contribution is 0.0940. The molecule has 124 valence electrons. The predicted octanol–water partition coefficient (Wildman–Crippen LogP) is 3.65. The third kappa shape index (κ3) is 3.38. The fourth-order valence-electron chi connectivity index (χ4n) is 2.72. The number of thiazole rings is 1. The summed E-state index contributed by atoms with van der Waals surface area (Å²) in [6.07, 6.45) is 1.94. The molecule has 3 rings (SSSR count). The van der Waals surface area contributed by atoms with Crippen LogP contribution in [0.2, 0.25) is 0 Å². The van der Waals surface area contributed by atoms with Crippen molar-refractivity contribution in [1.82, 2.24) is 20.1 Å². The summed E-state index contributed by atoms with van der Waals surface area (Å²) in [6, 6.07) is 7.46. The van der Waals surface area contributed by atoms with Gasteiger partial charge in [-0.15, -0.1) is 11.3 Å². The lowest BCUT2D eigenvalue weighted by Crippen LogP contribution is -2.26. The van der Waals surface area contributed by atoms with E-state index in [0.29, 0.717) is 5.56 Å². The minimum atomic E-state index is -0.101. The highest BCUT2D eigenvalue weighted by atomic mass is 32.1. The molecule has 24 heavy (non-hydrogen) atoms. The van der Waals surface area contributed by atoms with E-state index >= 15 is 0 Å². The maximum absolute atomic E-state index is 12.6. The van der Waals surface area contributed by atoms with Crippen molar-refractivity contribution in [3.8, 4) is 11.3 Å². The van der Waals surface area contributed by atoms with E-state index in [0.717, 1.165) is 27.5 Å². The molecule has 2 heterocycles. The number of carbonyl (C=O) groups excluding carboxylic acids is 1. The van der Waals surface area contributed by atoms with Crippen LogP contribution in [0.1, 0.15) is 39.6 Å². The highest BCUT2D eigenvalue weighted by Crippen LogP contribution is 2.23. The maximum atomic E-state index is 12.6. The Kier molecular flexibility index (Phi) is 4.49. The van der Waals surface area contributed by atoms with Crippen molar-refractivity contribution in [3.63, 3.8) is 0 Å². The van der Waals surface area contributed by atoms with E-state index in [9.17, 15) is 4.79 Å². The first-order valence-corrected chi connectivity index (χ1v) is 8.65. The summed E-state index contributed by atoms with van der Waals surface area (Å²) in [4.78, 5) is 17.1. The van der Waals surface area contributed by atoms with Gasteiger partial charge < -0.3 is 5.32 Å². The molecule has 1 aromatic carbocycles. The summed E-state index contributed by atoms with van der Waals surface area (Å²) in [5.74, 6) is -0.0976. The Morgan fingerprint density at radius 2 is 2.12 bits per heavy atom. The van der Waals surface area contributed by atoms with Crippen molar-refractivity contribution in [3.05, 3.63) is 57.7 Å². The van der Waals surface area contributed by atoms with Crippen LogP contribution in [0.25, 0.3) is 11.3 Å². The molecule has 0 saturated carbocycles. The second-order valence-corrected chi connectivity index (χ2v) is 6.93. The first kappa shape index (κ1) is 16.4. The van der Waals surface area contributed by atoms with Gasteiger partial charge in [0.15, 0.2) is 0 Å². The average Bonchev–Trinajstić information content (AvgIpc) is 3.12. The molecule has 1 N–H and O–H groups in total. The smallest absolute Gasteiger partial charge is 0.251 e. The number of hydrogen-bond donors (Lipinski definition) is 1. The zero-order chi connectivity index (χ0) is 17.3. The number of aryl methyl sites for hydroxylation is 3. The third-order valence-electron chi connectivity index (χ3n) is 3.91. The van der Waals surface area contributed by atoms with Crippen LogP contribution in [0.4, 0.5) is 0 Å². The fraction of sp³-hybridized carbons (Fsp3) is 0.278. The predicted molar refractivity (Wildman–Crippen MR) is 96.1 cm³/mol. The first-order valence-electron chi connectivity index (χ1n) is 7.77. The second kappa shape index (κ2) is 6.57. The molecule has 2 aromatic heterocycles. The van der Waals surface area contributed by atoms with E-state index in [1.165, 1.54) is 0 Å². The molecule has 6 heteroatoms. The fourth-order valence-corrected chi connectivity index (χ4v) is 3.34. The SMILES string of the molecule is Cc1nc(-c2cccc(C(=O)NC(C)c3cn(C)nc3C)c2)cs1. The zero-order valence-electron chi connectivity index (χ0n) is 14.2. The van der Waals surface area contributed by atoms with Gasteiger partial charge in [-0.1, -0.05) is 12.1 Å². The van der Waals surface area contributed by atoms with Crippen molar-refractivity contribution >= 4 is 17.2 Å². The Morgan fingerprint density at radius 1 is 1.33 bits per heavy atom. The molecule has 0 fully saturated rings. The van der Waals surface area contributed by atoms with E-state index in [2.05, 4.69) is 15.4 Å². The number of aromatic nitrogens is 3. The standard InChI is InChI=1S/C18H20N4OS/c1-11(16-9-22(4)21-12(16)2)19-18(23)15-7-5-6-14(8-15)17-10-24-13(3)20-17/h5-11H,1-4H3,(H,19,23). The molecule has 0 spiro atoms. The van der Waals surface area contributed by atoms with Gasteiger partial charge in [0.05, 0.1) is 22.4 Å². The number of rotatable bonds is 4. The molecule has 0 radical (unpaired) electrons. The van der Waals surface area contributed by atoms with Crippen molar-refractivity contribution in [2.24, 2.45) is 7.05 Å². The van der Waals surface area contributed by atoms with Crippen molar-refractivity contribution in [1.29, 1.82) is 0 Å². The van der Waals surface area contributed by atoms with Gasteiger partial charge in [-0.2, -0.15) is 5.10 Å². The van der Waals surface area contributed by atoms with Gasteiger partial charge in [-0.25, -0.2) is 4.98 Å². The number of carbonyl (C=O) groups is 1.